The number of likely N-dealkylation sites (N-methyl/N-ethyl adjacent to an activating group) is 1. The van der Waals surface area contributed by atoms with E-state index in [1.807, 2.05) is 102 Å². The molecule has 1 aliphatic rings. The van der Waals surface area contributed by atoms with Crippen molar-refractivity contribution in [2.24, 2.45) is 0 Å². The van der Waals surface area contributed by atoms with Crippen LogP contribution in [0.5, 0.6) is 0 Å². The van der Waals surface area contributed by atoms with Gasteiger partial charge in [-0.2, -0.15) is 0 Å². The smallest absolute Gasteiger partial charge is 0.246 e. The second-order valence-corrected chi connectivity index (χ2v) is 8.76. The van der Waals surface area contributed by atoms with E-state index in [-0.39, 0.29) is 24.3 Å². The first-order chi connectivity index (χ1) is 16.5. The van der Waals surface area contributed by atoms with Gasteiger partial charge >= 0.3 is 0 Å². The van der Waals surface area contributed by atoms with E-state index >= 15 is 0 Å². The van der Waals surface area contributed by atoms with E-state index in [1.165, 1.54) is 0 Å². The third kappa shape index (κ3) is 4.07. The molecular formula is C28H28N4O2. The van der Waals surface area contributed by atoms with E-state index in [9.17, 15) is 9.59 Å². The molecular weight excluding hydrogens is 424 g/mol. The highest BCUT2D eigenvalue weighted by Gasteiger charge is 2.35. The summed E-state index contributed by atoms with van der Waals surface area (Å²) in [5, 5.41) is 0. The van der Waals surface area contributed by atoms with E-state index in [0.29, 0.717) is 19.5 Å². The topological polar surface area (TPSA) is 58.4 Å². The minimum atomic E-state index is -0.0826. The molecule has 0 spiro atoms. The van der Waals surface area contributed by atoms with Gasteiger partial charge in [-0.3, -0.25) is 9.59 Å². The summed E-state index contributed by atoms with van der Waals surface area (Å²) in [6, 6.07) is 25.6. The van der Waals surface area contributed by atoms with Gasteiger partial charge in [-0.25, -0.2) is 4.98 Å². The Morgan fingerprint density at radius 2 is 1.71 bits per heavy atom. The van der Waals surface area contributed by atoms with Crippen LogP contribution >= 0.6 is 0 Å². The molecule has 1 aromatic heterocycles. The maximum absolute atomic E-state index is 13.4. The molecule has 6 nitrogen and oxygen atoms in total. The molecule has 4 aromatic rings. The summed E-state index contributed by atoms with van der Waals surface area (Å²) in [4.78, 5) is 34.9. The highest BCUT2D eigenvalue weighted by atomic mass is 16.2. The maximum Gasteiger partial charge on any atom is 0.246 e. The van der Waals surface area contributed by atoms with Gasteiger partial charge in [0.05, 0.1) is 11.0 Å². The lowest BCUT2D eigenvalue weighted by atomic mass is 10.1. The molecule has 3 aromatic carbocycles. The molecule has 6 heteroatoms. The first-order valence-electron chi connectivity index (χ1n) is 11.7. The molecule has 0 radical (unpaired) electrons. The predicted octanol–water partition coefficient (Wildman–Crippen LogP) is 4.92. The number of amides is 2. The van der Waals surface area contributed by atoms with Gasteiger partial charge in [0.25, 0.3) is 0 Å². The lowest BCUT2D eigenvalue weighted by Crippen LogP contribution is -2.34. The summed E-state index contributed by atoms with van der Waals surface area (Å²) >= 11 is 0. The fourth-order valence-electron chi connectivity index (χ4n) is 4.76. The predicted molar refractivity (Wildman–Crippen MR) is 135 cm³/mol. The molecule has 5 rings (SSSR count). The van der Waals surface area contributed by atoms with Crippen molar-refractivity contribution in [3.05, 3.63) is 90.3 Å². The number of hydrogen-bond donors (Lipinski definition) is 0. The van der Waals surface area contributed by atoms with Crippen LogP contribution in [-0.4, -0.2) is 34.5 Å². The van der Waals surface area contributed by atoms with Crippen molar-refractivity contribution in [1.29, 1.82) is 0 Å². The Hall–Kier alpha value is -3.93. The van der Waals surface area contributed by atoms with Gasteiger partial charge in [0.2, 0.25) is 11.8 Å². The van der Waals surface area contributed by atoms with Gasteiger partial charge in [0.1, 0.15) is 12.4 Å². The maximum atomic E-state index is 13.4. The van der Waals surface area contributed by atoms with Crippen LogP contribution in [0, 0.1) is 6.92 Å². The van der Waals surface area contributed by atoms with E-state index in [1.54, 1.807) is 4.90 Å². The summed E-state index contributed by atoms with van der Waals surface area (Å²) in [7, 11) is 0. The van der Waals surface area contributed by atoms with Crippen molar-refractivity contribution in [3.63, 3.8) is 0 Å². The van der Waals surface area contributed by atoms with E-state index in [0.717, 1.165) is 33.8 Å². The summed E-state index contributed by atoms with van der Waals surface area (Å²) in [5.41, 5.74) is 4.69. The molecule has 2 amide bonds. The summed E-state index contributed by atoms with van der Waals surface area (Å²) < 4.78 is 2.00. The number of para-hydroxylation sites is 3. The van der Waals surface area contributed by atoms with Gasteiger partial charge in [-0.05, 0) is 50.2 Å². The van der Waals surface area contributed by atoms with Crippen molar-refractivity contribution in [2.75, 3.05) is 22.9 Å². The van der Waals surface area contributed by atoms with Crippen LogP contribution in [-0.2, 0) is 16.1 Å². The number of anilines is 2. The molecule has 1 saturated heterocycles. The van der Waals surface area contributed by atoms with Crippen LogP contribution in [0.2, 0.25) is 0 Å². The minimum Gasteiger partial charge on any atom is -0.318 e. The Kier molecular flexibility index (Phi) is 5.88. The second-order valence-electron chi connectivity index (χ2n) is 8.76. The quantitative estimate of drug-likeness (QED) is 0.417. The number of imidazole rings is 1. The first kappa shape index (κ1) is 21.9. The minimum absolute atomic E-state index is 0.00202. The fraction of sp³-hybridized carbons (Fsp3) is 0.250. The van der Waals surface area contributed by atoms with Crippen LogP contribution in [0.3, 0.4) is 0 Å². The van der Waals surface area contributed by atoms with Crippen molar-refractivity contribution in [1.82, 2.24) is 9.55 Å². The number of carbonyl (C=O) groups is 2. The van der Waals surface area contributed by atoms with Gasteiger partial charge in [0, 0.05) is 36.8 Å². The van der Waals surface area contributed by atoms with Gasteiger partial charge in [-0.15, -0.1) is 0 Å². The number of nitrogens with zero attached hydrogens (tertiary/aromatic N) is 4. The molecule has 0 aliphatic carbocycles. The Balaban J connectivity index is 1.47. The molecule has 0 bridgehead atoms. The molecule has 1 atom stereocenters. The largest absolute Gasteiger partial charge is 0.318 e. The van der Waals surface area contributed by atoms with Crippen LogP contribution in [0.1, 0.15) is 30.7 Å². The SMILES string of the molecule is CCN(C(=O)Cn1c([C@H]2CC(=O)N(c3ccc(C)cc3)C2)nc2ccccc21)c1ccccc1. The Morgan fingerprint density at radius 3 is 2.44 bits per heavy atom. The molecule has 0 saturated carbocycles. The van der Waals surface area contributed by atoms with Gasteiger partial charge < -0.3 is 14.4 Å². The summed E-state index contributed by atoms with van der Waals surface area (Å²) in [5.74, 6) is 0.790. The van der Waals surface area contributed by atoms with Crippen molar-refractivity contribution < 1.29 is 9.59 Å². The first-order valence-corrected chi connectivity index (χ1v) is 11.7. The molecule has 2 heterocycles. The van der Waals surface area contributed by atoms with Crippen molar-refractivity contribution >= 4 is 34.2 Å². The monoisotopic (exact) mass is 452 g/mol. The average molecular weight is 453 g/mol. The molecule has 0 unspecified atom stereocenters. The molecule has 1 fully saturated rings. The lowest BCUT2D eigenvalue weighted by molar-refractivity contribution is -0.119. The van der Waals surface area contributed by atoms with Crippen LogP contribution < -0.4 is 9.80 Å². The van der Waals surface area contributed by atoms with Crippen LogP contribution in [0.15, 0.2) is 78.9 Å². The Morgan fingerprint density at radius 1 is 1.00 bits per heavy atom. The zero-order valence-corrected chi connectivity index (χ0v) is 19.5. The van der Waals surface area contributed by atoms with E-state index < -0.39 is 0 Å². The number of aryl methyl sites for hydroxylation is 1. The Labute approximate surface area is 199 Å². The number of benzene rings is 3. The molecule has 172 valence electrons. The standard InChI is InChI=1S/C28H28N4O2/c1-3-30(22-9-5-4-6-10-22)27(34)19-32-25-12-8-7-11-24(25)29-28(32)21-17-26(33)31(18-21)23-15-13-20(2)14-16-23/h4-16,21H,3,17-19H2,1-2H3/t21-/m0/s1. The normalized spacial score (nSPS) is 15.8. The third-order valence-corrected chi connectivity index (χ3v) is 6.50. The number of aromatic nitrogens is 2. The molecule has 34 heavy (non-hydrogen) atoms. The number of fused-ring (bicyclic) bond motifs is 1. The van der Waals surface area contributed by atoms with Gasteiger partial charge in [-0.1, -0.05) is 48.0 Å². The average Bonchev–Trinajstić information content (AvgIpc) is 3.41. The zero-order valence-electron chi connectivity index (χ0n) is 19.5. The molecule has 1 aliphatic heterocycles. The lowest BCUT2D eigenvalue weighted by Gasteiger charge is -2.23. The van der Waals surface area contributed by atoms with Gasteiger partial charge in [0.15, 0.2) is 0 Å². The highest BCUT2D eigenvalue weighted by Crippen LogP contribution is 2.33. The summed E-state index contributed by atoms with van der Waals surface area (Å²) in [6.45, 7) is 5.32. The second kappa shape index (κ2) is 9.14. The zero-order chi connectivity index (χ0) is 23.7. The third-order valence-electron chi connectivity index (χ3n) is 6.50. The van der Waals surface area contributed by atoms with Crippen LogP contribution in [0.25, 0.3) is 11.0 Å². The number of rotatable bonds is 6. The highest BCUT2D eigenvalue weighted by molar-refractivity contribution is 5.97. The van der Waals surface area contributed by atoms with Crippen molar-refractivity contribution in [2.45, 2.75) is 32.7 Å². The number of carbonyl (C=O) groups excluding carboxylic acids is 2. The summed E-state index contributed by atoms with van der Waals surface area (Å²) in [6.07, 6.45) is 0.377. The fourth-order valence-corrected chi connectivity index (χ4v) is 4.76. The number of hydrogen-bond acceptors (Lipinski definition) is 3. The molecule has 0 N–H and O–H groups in total. The Bertz CT molecular complexity index is 1330. The van der Waals surface area contributed by atoms with Crippen LogP contribution in [0.4, 0.5) is 11.4 Å². The van der Waals surface area contributed by atoms with Crippen molar-refractivity contribution in [3.8, 4) is 0 Å². The van der Waals surface area contributed by atoms with E-state index in [4.69, 9.17) is 4.98 Å². The van der Waals surface area contributed by atoms with E-state index in [2.05, 4.69) is 0 Å².